The first-order valence-corrected chi connectivity index (χ1v) is 13.2. The fourth-order valence-corrected chi connectivity index (χ4v) is 6.10. The summed E-state index contributed by atoms with van der Waals surface area (Å²) in [6.45, 7) is 3.35. The van der Waals surface area contributed by atoms with Gasteiger partial charge in [-0.1, -0.05) is 6.07 Å². The highest BCUT2D eigenvalue weighted by molar-refractivity contribution is 5.94. The van der Waals surface area contributed by atoms with E-state index in [1.54, 1.807) is 11.8 Å². The van der Waals surface area contributed by atoms with Crippen LogP contribution in [0.5, 0.6) is 17.2 Å². The number of likely N-dealkylation sites (N-methyl/N-ethyl adjacent to an activating group) is 1. The van der Waals surface area contributed by atoms with Crippen LogP contribution in [0.3, 0.4) is 0 Å². The van der Waals surface area contributed by atoms with Crippen molar-refractivity contribution in [3.05, 3.63) is 52.8 Å². The molecule has 0 bridgehead atoms. The first kappa shape index (κ1) is 24.3. The van der Waals surface area contributed by atoms with Crippen molar-refractivity contribution in [1.29, 1.82) is 0 Å². The van der Waals surface area contributed by atoms with Crippen LogP contribution in [0.1, 0.15) is 46.2 Å². The van der Waals surface area contributed by atoms with Crippen LogP contribution < -0.4 is 14.2 Å². The molecule has 2 fully saturated rings. The molecule has 2 saturated heterocycles. The molecule has 0 unspecified atom stereocenters. The third-order valence-corrected chi connectivity index (χ3v) is 8.10. The van der Waals surface area contributed by atoms with E-state index in [1.807, 2.05) is 42.3 Å². The predicted molar refractivity (Wildman–Crippen MR) is 136 cm³/mol. The molecule has 0 aliphatic carbocycles. The van der Waals surface area contributed by atoms with Crippen LogP contribution in [0.2, 0.25) is 0 Å². The minimum atomic E-state index is -0.527. The van der Waals surface area contributed by atoms with E-state index in [2.05, 4.69) is 20.4 Å². The molecule has 1 spiro atoms. The number of hydrogen-bond donors (Lipinski definition) is 0. The molecule has 1 atom stereocenters. The summed E-state index contributed by atoms with van der Waals surface area (Å²) in [5.74, 6) is 1.98. The highest BCUT2D eigenvalue weighted by Gasteiger charge is 2.41. The molecule has 5 heterocycles. The smallest absolute Gasteiger partial charge is 0.253 e. The van der Waals surface area contributed by atoms with Crippen molar-refractivity contribution in [1.82, 2.24) is 30.0 Å². The van der Waals surface area contributed by atoms with Gasteiger partial charge in [0.1, 0.15) is 6.04 Å². The first-order chi connectivity index (χ1) is 19.1. The van der Waals surface area contributed by atoms with Crippen molar-refractivity contribution in [2.45, 2.75) is 31.1 Å². The lowest BCUT2D eigenvalue weighted by molar-refractivity contribution is -0.181. The van der Waals surface area contributed by atoms with Crippen LogP contribution in [-0.4, -0.2) is 95.5 Å². The Bertz CT molecular complexity index is 1410. The average Bonchev–Trinajstić information content (AvgIpc) is 3.74. The predicted octanol–water partition coefficient (Wildman–Crippen LogP) is 1.96. The topological polar surface area (TPSA) is 113 Å². The number of aromatic nitrogens is 4. The number of tetrazole rings is 1. The molecule has 4 aliphatic heterocycles. The molecule has 0 N–H and O–H groups in total. The minimum absolute atomic E-state index is 0.0335. The summed E-state index contributed by atoms with van der Waals surface area (Å²) in [4.78, 5) is 17.5. The molecule has 0 saturated carbocycles. The van der Waals surface area contributed by atoms with E-state index >= 15 is 0 Å². The molecule has 12 nitrogen and oxygen atoms in total. The number of hydrogen-bond acceptors (Lipinski definition) is 10. The van der Waals surface area contributed by atoms with E-state index < -0.39 is 5.79 Å². The van der Waals surface area contributed by atoms with E-state index in [1.165, 1.54) is 0 Å². The number of likely N-dealkylation sites (tertiary alicyclic amines) is 1. The summed E-state index contributed by atoms with van der Waals surface area (Å²) < 4.78 is 30.6. The normalized spacial score (nSPS) is 21.8. The van der Waals surface area contributed by atoms with Crippen molar-refractivity contribution in [2.75, 3.05) is 53.8 Å². The van der Waals surface area contributed by atoms with Crippen LogP contribution in [0.4, 0.5) is 0 Å². The van der Waals surface area contributed by atoms with Gasteiger partial charge in [0.15, 0.2) is 23.1 Å². The fraction of sp³-hybridized carbons (Fsp3) is 0.481. The van der Waals surface area contributed by atoms with Gasteiger partial charge < -0.3 is 28.6 Å². The van der Waals surface area contributed by atoms with Crippen molar-refractivity contribution in [2.24, 2.45) is 0 Å². The highest BCUT2D eigenvalue weighted by atomic mass is 16.7. The summed E-state index contributed by atoms with van der Waals surface area (Å²) >= 11 is 0. The van der Waals surface area contributed by atoms with E-state index in [0.29, 0.717) is 73.5 Å². The van der Waals surface area contributed by atoms with E-state index in [4.69, 9.17) is 23.7 Å². The van der Waals surface area contributed by atoms with E-state index in [9.17, 15) is 4.79 Å². The van der Waals surface area contributed by atoms with Gasteiger partial charge in [0.05, 0.1) is 26.0 Å². The van der Waals surface area contributed by atoms with Gasteiger partial charge in [0, 0.05) is 43.6 Å². The monoisotopic (exact) mass is 534 g/mol. The van der Waals surface area contributed by atoms with Gasteiger partial charge in [-0.25, -0.2) is 0 Å². The zero-order valence-electron chi connectivity index (χ0n) is 22.0. The zero-order valence-corrected chi connectivity index (χ0v) is 22.0. The maximum atomic E-state index is 13.5. The van der Waals surface area contributed by atoms with Gasteiger partial charge in [-0.15, -0.1) is 5.10 Å². The number of amides is 1. The first-order valence-electron chi connectivity index (χ1n) is 13.2. The molecule has 12 heteroatoms. The van der Waals surface area contributed by atoms with Crippen molar-refractivity contribution >= 4 is 5.91 Å². The van der Waals surface area contributed by atoms with Crippen LogP contribution in [0.25, 0.3) is 5.69 Å². The summed E-state index contributed by atoms with van der Waals surface area (Å²) in [6.07, 6.45) is 2.17. The molecule has 4 aliphatic rings. The third-order valence-electron chi connectivity index (χ3n) is 8.10. The SMILES string of the molecule is COc1c2c(cc3c1[C@H](c1nnnn1-c1cccc(C(=O)N4CCC5(CC4)OCCO5)c1)N(C)CC3)OCO2. The molecule has 204 valence electrons. The van der Waals surface area contributed by atoms with Gasteiger partial charge >= 0.3 is 0 Å². The Labute approximate surface area is 225 Å². The maximum absolute atomic E-state index is 13.5. The highest BCUT2D eigenvalue weighted by Crippen LogP contribution is 2.50. The lowest BCUT2D eigenvalue weighted by atomic mass is 9.90. The number of fused-ring (bicyclic) bond motifs is 2. The third kappa shape index (κ3) is 4.01. The summed E-state index contributed by atoms with van der Waals surface area (Å²) in [7, 11) is 3.67. The number of methoxy groups -OCH3 is 1. The molecule has 2 aromatic carbocycles. The number of piperidine rings is 1. The molecular weight excluding hydrogens is 504 g/mol. The number of carbonyl (C=O) groups excluding carboxylic acids is 1. The quantitative estimate of drug-likeness (QED) is 0.492. The minimum Gasteiger partial charge on any atom is -0.492 e. The standard InChI is InChI=1S/C27H30N6O6/c1-31-9-6-17-15-20-23(37-16-36-20)24(35-2)21(17)22(31)25-28-29-30-33(25)19-5-3-4-18(14-19)26(34)32-10-7-27(8-11-32)38-12-13-39-27/h3-5,14-15,22H,6-13,16H2,1-2H3/t22-/m1/s1. The van der Waals surface area contributed by atoms with Gasteiger partial charge in [-0.05, 0) is 53.7 Å². The van der Waals surface area contributed by atoms with Crippen LogP contribution in [0, 0.1) is 0 Å². The summed E-state index contributed by atoms with van der Waals surface area (Å²) in [5.41, 5.74) is 3.35. The van der Waals surface area contributed by atoms with Crippen LogP contribution >= 0.6 is 0 Å². The lowest BCUT2D eigenvalue weighted by Crippen LogP contribution is -2.47. The number of nitrogens with zero attached hydrogens (tertiary/aromatic N) is 6. The Kier molecular flexibility index (Phi) is 5.90. The maximum Gasteiger partial charge on any atom is 0.253 e. The second-order valence-corrected chi connectivity index (χ2v) is 10.2. The average molecular weight is 535 g/mol. The summed E-state index contributed by atoms with van der Waals surface area (Å²) in [5, 5.41) is 12.8. The second-order valence-electron chi connectivity index (χ2n) is 10.2. The number of benzene rings is 2. The van der Waals surface area contributed by atoms with E-state index in [-0.39, 0.29) is 18.7 Å². The lowest BCUT2D eigenvalue weighted by Gasteiger charge is -2.37. The van der Waals surface area contributed by atoms with E-state index in [0.717, 1.165) is 24.1 Å². The van der Waals surface area contributed by atoms with Gasteiger partial charge in [-0.3, -0.25) is 9.69 Å². The molecular formula is C27H30N6O6. The molecule has 39 heavy (non-hydrogen) atoms. The second kappa shape index (κ2) is 9.47. The largest absolute Gasteiger partial charge is 0.492 e. The molecule has 1 amide bonds. The number of ether oxygens (including phenoxy) is 5. The van der Waals surface area contributed by atoms with Gasteiger partial charge in [0.2, 0.25) is 12.5 Å². The Morgan fingerprint density at radius 3 is 2.72 bits per heavy atom. The molecule has 7 rings (SSSR count). The summed E-state index contributed by atoms with van der Waals surface area (Å²) in [6, 6.07) is 9.17. The van der Waals surface area contributed by atoms with Crippen molar-refractivity contribution in [3.63, 3.8) is 0 Å². The Hall–Kier alpha value is -3.74. The molecule has 3 aromatic rings. The fourth-order valence-electron chi connectivity index (χ4n) is 6.10. The Balaban J connectivity index is 1.21. The molecule has 1 aromatic heterocycles. The van der Waals surface area contributed by atoms with Crippen molar-refractivity contribution in [3.8, 4) is 22.9 Å². The van der Waals surface area contributed by atoms with Crippen LogP contribution in [0.15, 0.2) is 30.3 Å². The van der Waals surface area contributed by atoms with Gasteiger partial charge in [-0.2, -0.15) is 4.68 Å². The number of carbonyl (C=O) groups is 1. The van der Waals surface area contributed by atoms with Crippen molar-refractivity contribution < 1.29 is 28.5 Å². The number of rotatable bonds is 4. The molecule has 0 radical (unpaired) electrons. The zero-order chi connectivity index (χ0) is 26.6. The Morgan fingerprint density at radius 1 is 1.10 bits per heavy atom. The Morgan fingerprint density at radius 2 is 1.92 bits per heavy atom. The van der Waals surface area contributed by atoms with Gasteiger partial charge in [0.25, 0.3) is 5.91 Å². The van der Waals surface area contributed by atoms with Crippen LogP contribution in [-0.2, 0) is 15.9 Å².